The summed E-state index contributed by atoms with van der Waals surface area (Å²) >= 11 is 7.12. The van der Waals surface area contributed by atoms with Gasteiger partial charge in [-0.15, -0.1) is 10.2 Å². The number of carbonyl (C=O) groups excluding carboxylic acids is 2. The molecule has 0 saturated heterocycles. The predicted molar refractivity (Wildman–Crippen MR) is 114 cm³/mol. The van der Waals surface area contributed by atoms with Crippen LogP contribution >= 0.6 is 23.4 Å². The van der Waals surface area contributed by atoms with E-state index in [0.717, 1.165) is 0 Å². The molecule has 2 N–H and O–H groups in total. The molecule has 7 nitrogen and oxygen atoms in total. The highest BCUT2D eigenvalue weighted by Crippen LogP contribution is 2.21. The minimum absolute atomic E-state index is 0.0428. The summed E-state index contributed by atoms with van der Waals surface area (Å²) in [6, 6.07) is 12.1. The second-order valence-corrected chi connectivity index (χ2v) is 7.80. The molecule has 1 atom stereocenters. The molecule has 1 aromatic heterocycles. The van der Waals surface area contributed by atoms with E-state index in [9.17, 15) is 14.0 Å². The Hall–Kier alpha value is -2.91. The Morgan fingerprint density at radius 3 is 2.70 bits per heavy atom. The van der Waals surface area contributed by atoms with Gasteiger partial charge in [0.1, 0.15) is 5.82 Å². The molecule has 2 aromatic carbocycles. The normalized spacial score (nSPS) is 11.7. The highest BCUT2D eigenvalue weighted by molar-refractivity contribution is 7.99. The molecule has 2 amide bonds. The first-order chi connectivity index (χ1) is 14.3. The van der Waals surface area contributed by atoms with Crippen LogP contribution in [0.4, 0.5) is 10.1 Å². The predicted octanol–water partition coefficient (Wildman–Crippen LogP) is 3.83. The number of thioether (sulfide) groups is 1. The number of benzene rings is 2. The van der Waals surface area contributed by atoms with Crippen LogP contribution in [0, 0.1) is 5.82 Å². The first kappa shape index (κ1) is 21.8. The summed E-state index contributed by atoms with van der Waals surface area (Å²) in [5, 5.41) is 14.7. The molecule has 0 aliphatic carbocycles. The van der Waals surface area contributed by atoms with Gasteiger partial charge in [0.2, 0.25) is 5.91 Å². The number of anilines is 1. The van der Waals surface area contributed by atoms with Crippen molar-refractivity contribution in [2.75, 3.05) is 11.1 Å². The molecule has 0 aliphatic rings. The number of nitrogens with one attached hydrogen (secondary N) is 2. The van der Waals surface area contributed by atoms with Crippen molar-refractivity contribution in [3.63, 3.8) is 0 Å². The van der Waals surface area contributed by atoms with E-state index in [-0.39, 0.29) is 17.2 Å². The third-order valence-electron chi connectivity index (χ3n) is 4.16. The molecule has 0 saturated carbocycles. The Balaban J connectivity index is 1.59. The third kappa shape index (κ3) is 5.37. The van der Waals surface area contributed by atoms with Crippen LogP contribution in [0.3, 0.4) is 0 Å². The van der Waals surface area contributed by atoms with Crippen LogP contribution in [-0.2, 0) is 11.8 Å². The largest absolute Gasteiger partial charge is 0.342 e. The van der Waals surface area contributed by atoms with Gasteiger partial charge in [0.15, 0.2) is 11.0 Å². The maximum atomic E-state index is 13.8. The van der Waals surface area contributed by atoms with Crippen molar-refractivity contribution in [3.05, 3.63) is 70.8 Å². The number of hydrogen-bond acceptors (Lipinski definition) is 5. The van der Waals surface area contributed by atoms with Gasteiger partial charge in [-0.1, -0.05) is 41.6 Å². The topological polar surface area (TPSA) is 88.9 Å². The van der Waals surface area contributed by atoms with Crippen molar-refractivity contribution in [2.45, 2.75) is 18.1 Å². The molecule has 1 heterocycles. The van der Waals surface area contributed by atoms with Gasteiger partial charge in [-0.3, -0.25) is 9.59 Å². The minimum atomic E-state index is -0.595. The van der Waals surface area contributed by atoms with E-state index in [1.807, 2.05) is 0 Å². The van der Waals surface area contributed by atoms with Gasteiger partial charge in [-0.25, -0.2) is 4.39 Å². The Morgan fingerprint density at radius 1 is 1.20 bits per heavy atom. The first-order valence-corrected chi connectivity index (χ1v) is 10.3. The maximum Gasteiger partial charge on any atom is 0.254 e. The summed E-state index contributed by atoms with van der Waals surface area (Å²) in [6.45, 7) is 1.73. The second-order valence-electron chi connectivity index (χ2n) is 6.42. The molecule has 0 radical (unpaired) electrons. The van der Waals surface area contributed by atoms with Gasteiger partial charge in [-0.2, -0.15) is 0 Å². The van der Waals surface area contributed by atoms with E-state index in [0.29, 0.717) is 21.7 Å². The van der Waals surface area contributed by atoms with Crippen molar-refractivity contribution < 1.29 is 14.0 Å². The summed E-state index contributed by atoms with van der Waals surface area (Å²) in [5.41, 5.74) is 0.565. The maximum absolute atomic E-state index is 13.8. The standard InChI is InChI=1S/C20H19ClFN5O2S/c1-12(23-19(29)15-8-3-4-9-16(15)22)18-25-26-20(27(18)2)30-11-17(28)24-14-7-5-6-13(21)10-14/h3-10,12H,11H2,1-2H3,(H,23,29)(H,24,28)/t12-/m1/s1. The van der Waals surface area contributed by atoms with Crippen LogP contribution < -0.4 is 10.6 Å². The molecule has 0 aliphatic heterocycles. The van der Waals surface area contributed by atoms with Gasteiger partial charge >= 0.3 is 0 Å². The smallest absolute Gasteiger partial charge is 0.254 e. The molecule has 0 spiro atoms. The lowest BCUT2D eigenvalue weighted by Gasteiger charge is -2.14. The fraction of sp³-hybridized carbons (Fsp3) is 0.200. The zero-order valence-electron chi connectivity index (χ0n) is 16.2. The number of hydrogen-bond donors (Lipinski definition) is 2. The van der Waals surface area contributed by atoms with E-state index in [4.69, 9.17) is 11.6 Å². The van der Waals surface area contributed by atoms with Crippen molar-refractivity contribution in [3.8, 4) is 0 Å². The van der Waals surface area contributed by atoms with Crippen LogP contribution in [0.2, 0.25) is 5.02 Å². The third-order valence-corrected chi connectivity index (χ3v) is 5.42. The van der Waals surface area contributed by atoms with E-state index in [1.54, 1.807) is 48.9 Å². The molecule has 0 fully saturated rings. The van der Waals surface area contributed by atoms with E-state index in [2.05, 4.69) is 20.8 Å². The van der Waals surface area contributed by atoms with Gasteiger partial charge in [-0.05, 0) is 37.3 Å². The average molecular weight is 448 g/mol. The number of halogens is 2. The Kier molecular flexibility index (Phi) is 7.07. The lowest BCUT2D eigenvalue weighted by molar-refractivity contribution is -0.113. The van der Waals surface area contributed by atoms with Crippen LogP contribution in [0.5, 0.6) is 0 Å². The van der Waals surface area contributed by atoms with Crippen LogP contribution in [-0.4, -0.2) is 32.3 Å². The Morgan fingerprint density at radius 2 is 1.97 bits per heavy atom. The van der Waals surface area contributed by atoms with Gasteiger partial charge in [0.05, 0.1) is 17.4 Å². The molecule has 3 aromatic rings. The second kappa shape index (κ2) is 9.73. The summed E-state index contributed by atoms with van der Waals surface area (Å²) in [5.74, 6) is -0.750. The van der Waals surface area contributed by atoms with Crippen molar-refractivity contribution >= 4 is 40.9 Å². The van der Waals surface area contributed by atoms with Crippen LogP contribution in [0.1, 0.15) is 29.1 Å². The van der Waals surface area contributed by atoms with Crippen molar-refractivity contribution in [1.82, 2.24) is 20.1 Å². The number of carbonyl (C=O) groups is 2. The quantitative estimate of drug-likeness (QED) is 0.537. The summed E-state index contributed by atoms with van der Waals surface area (Å²) in [4.78, 5) is 24.5. The fourth-order valence-electron chi connectivity index (χ4n) is 2.71. The number of rotatable bonds is 7. The number of aromatic nitrogens is 3. The van der Waals surface area contributed by atoms with Crippen LogP contribution in [0.15, 0.2) is 53.7 Å². The molecule has 0 unspecified atom stereocenters. The molecule has 156 valence electrons. The van der Waals surface area contributed by atoms with Gasteiger partial charge < -0.3 is 15.2 Å². The molecule has 3 rings (SSSR count). The minimum Gasteiger partial charge on any atom is -0.342 e. The monoisotopic (exact) mass is 447 g/mol. The fourth-order valence-corrected chi connectivity index (χ4v) is 3.62. The van der Waals surface area contributed by atoms with Crippen LogP contribution in [0.25, 0.3) is 0 Å². The lowest BCUT2D eigenvalue weighted by atomic mass is 10.2. The lowest BCUT2D eigenvalue weighted by Crippen LogP contribution is -2.29. The molecule has 30 heavy (non-hydrogen) atoms. The molecular weight excluding hydrogens is 429 g/mol. The molecular formula is C20H19ClFN5O2S. The first-order valence-electron chi connectivity index (χ1n) is 8.98. The van der Waals surface area contributed by atoms with Crippen molar-refractivity contribution in [2.24, 2.45) is 7.05 Å². The van der Waals surface area contributed by atoms with E-state index in [1.165, 1.54) is 30.0 Å². The summed E-state index contributed by atoms with van der Waals surface area (Å²) in [7, 11) is 1.73. The van der Waals surface area contributed by atoms with Crippen molar-refractivity contribution in [1.29, 1.82) is 0 Å². The van der Waals surface area contributed by atoms with E-state index < -0.39 is 17.8 Å². The van der Waals surface area contributed by atoms with Gasteiger partial charge in [0, 0.05) is 17.8 Å². The number of amides is 2. The SMILES string of the molecule is C[C@@H](NC(=O)c1ccccc1F)c1nnc(SCC(=O)Nc2cccc(Cl)c2)n1C. The Bertz CT molecular complexity index is 1070. The van der Waals surface area contributed by atoms with E-state index >= 15 is 0 Å². The highest BCUT2D eigenvalue weighted by atomic mass is 35.5. The Labute approximate surface area is 182 Å². The molecule has 0 bridgehead atoms. The average Bonchev–Trinajstić information content (AvgIpc) is 3.07. The highest BCUT2D eigenvalue weighted by Gasteiger charge is 2.20. The summed E-state index contributed by atoms with van der Waals surface area (Å²) in [6.07, 6.45) is 0. The molecule has 10 heteroatoms. The number of nitrogens with zero attached hydrogens (tertiary/aromatic N) is 3. The summed E-state index contributed by atoms with van der Waals surface area (Å²) < 4.78 is 15.5. The van der Waals surface area contributed by atoms with Gasteiger partial charge in [0.25, 0.3) is 5.91 Å². The zero-order chi connectivity index (χ0) is 21.7. The zero-order valence-corrected chi connectivity index (χ0v) is 17.8.